The minimum Gasteiger partial charge on any atom is -0.234 e. The van der Waals surface area contributed by atoms with Gasteiger partial charge in [0.25, 0.3) is 0 Å². The largest absolute Gasteiger partial charge is 0.234 e. The lowest BCUT2D eigenvalue weighted by Gasteiger charge is -1.97. The second kappa shape index (κ2) is 3.79. The zero-order valence-electron chi connectivity index (χ0n) is 7.42. The summed E-state index contributed by atoms with van der Waals surface area (Å²) in [4.78, 5) is 5.33. The highest BCUT2D eigenvalue weighted by Crippen LogP contribution is 2.32. The molecule has 0 bridgehead atoms. The van der Waals surface area contributed by atoms with E-state index in [1.807, 2.05) is 6.92 Å². The topological polar surface area (TPSA) is 12.9 Å². The van der Waals surface area contributed by atoms with Crippen molar-refractivity contribution in [1.29, 1.82) is 0 Å². The zero-order valence-corrected chi connectivity index (χ0v) is 9.82. The van der Waals surface area contributed by atoms with Gasteiger partial charge >= 0.3 is 0 Å². The van der Waals surface area contributed by atoms with Crippen LogP contribution in [0.2, 0.25) is 0 Å². The van der Waals surface area contributed by atoms with Crippen molar-refractivity contribution in [3.05, 3.63) is 39.7 Å². The molecule has 1 nitrogen and oxygen atoms in total. The van der Waals surface area contributed by atoms with Gasteiger partial charge in [0.05, 0.1) is 10.6 Å². The van der Waals surface area contributed by atoms with Gasteiger partial charge in [0.1, 0.15) is 5.82 Å². The Hall–Kier alpha value is -0.740. The summed E-state index contributed by atoms with van der Waals surface area (Å²) in [6, 6.07) is 6.45. The molecule has 2 rings (SSSR count). The second-order valence-corrected chi connectivity index (χ2v) is 5.16. The second-order valence-electron chi connectivity index (χ2n) is 2.89. The van der Waals surface area contributed by atoms with Gasteiger partial charge in [-0.05, 0) is 40.5 Å². The fourth-order valence-electron chi connectivity index (χ4n) is 1.23. The van der Waals surface area contributed by atoms with Crippen LogP contribution in [0.3, 0.4) is 0 Å². The molecule has 1 aromatic heterocycles. The molecule has 0 spiro atoms. The average molecular weight is 272 g/mol. The van der Waals surface area contributed by atoms with Crippen LogP contribution in [0.25, 0.3) is 10.4 Å². The molecule has 0 fully saturated rings. The first kappa shape index (κ1) is 9.80. The molecule has 0 aliphatic heterocycles. The van der Waals surface area contributed by atoms with Gasteiger partial charge in [-0.25, -0.2) is 9.37 Å². The Morgan fingerprint density at radius 2 is 1.93 bits per heavy atom. The van der Waals surface area contributed by atoms with Gasteiger partial charge in [-0.2, -0.15) is 0 Å². The van der Waals surface area contributed by atoms with Crippen LogP contribution < -0.4 is 0 Å². The molecule has 0 aliphatic rings. The molecule has 2 aromatic rings. The number of hydrogen-bond donors (Lipinski definition) is 0. The third kappa shape index (κ3) is 1.86. The molecule has 0 atom stereocenters. The first-order valence-electron chi connectivity index (χ1n) is 4.05. The summed E-state index contributed by atoms with van der Waals surface area (Å²) >= 11 is 4.88. The summed E-state index contributed by atoms with van der Waals surface area (Å²) in [6.45, 7) is 1.94. The van der Waals surface area contributed by atoms with Crippen LogP contribution >= 0.6 is 27.3 Å². The fourth-order valence-corrected chi connectivity index (χ4v) is 2.78. The van der Waals surface area contributed by atoms with Crippen LogP contribution in [0.1, 0.15) is 5.69 Å². The van der Waals surface area contributed by atoms with E-state index in [0.717, 1.165) is 20.1 Å². The predicted octanol–water partition coefficient (Wildman–Crippen LogP) is 4.02. The maximum absolute atomic E-state index is 12.7. The monoisotopic (exact) mass is 271 g/mol. The summed E-state index contributed by atoms with van der Waals surface area (Å²) in [5, 5.41) is 0. The van der Waals surface area contributed by atoms with E-state index < -0.39 is 0 Å². The highest BCUT2D eigenvalue weighted by atomic mass is 79.9. The van der Waals surface area contributed by atoms with Crippen molar-refractivity contribution >= 4 is 27.3 Å². The molecule has 14 heavy (non-hydrogen) atoms. The van der Waals surface area contributed by atoms with Crippen molar-refractivity contribution in [2.24, 2.45) is 0 Å². The molecule has 72 valence electrons. The molecule has 4 heteroatoms. The van der Waals surface area contributed by atoms with Crippen LogP contribution in [0.15, 0.2) is 28.2 Å². The molecule has 1 heterocycles. The van der Waals surface area contributed by atoms with Gasteiger partial charge in [0, 0.05) is 0 Å². The Balaban J connectivity index is 2.49. The Morgan fingerprint density at radius 1 is 1.29 bits per heavy atom. The van der Waals surface area contributed by atoms with Gasteiger partial charge in [-0.3, -0.25) is 0 Å². The average Bonchev–Trinajstić information content (AvgIpc) is 2.47. The quantitative estimate of drug-likeness (QED) is 0.764. The van der Waals surface area contributed by atoms with E-state index >= 15 is 0 Å². The fraction of sp³-hybridized carbons (Fsp3) is 0.100. The minimum atomic E-state index is -0.213. The van der Waals surface area contributed by atoms with Gasteiger partial charge in [-0.1, -0.05) is 12.1 Å². The van der Waals surface area contributed by atoms with Gasteiger partial charge in [0.2, 0.25) is 0 Å². The molecule has 0 saturated heterocycles. The third-order valence-corrected chi connectivity index (χ3v) is 3.53. The van der Waals surface area contributed by atoms with Crippen LogP contribution in [0.4, 0.5) is 4.39 Å². The van der Waals surface area contributed by atoms with Gasteiger partial charge in [0.15, 0.2) is 3.92 Å². The molecular formula is C10H7BrFNS. The maximum atomic E-state index is 12.7. The number of nitrogens with zero attached hydrogens (tertiary/aromatic N) is 1. The van der Waals surface area contributed by atoms with Crippen molar-refractivity contribution in [2.75, 3.05) is 0 Å². The van der Waals surface area contributed by atoms with Gasteiger partial charge in [-0.15, -0.1) is 11.3 Å². The summed E-state index contributed by atoms with van der Waals surface area (Å²) < 4.78 is 13.5. The number of thiazole rings is 1. The number of halogens is 2. The minimum absolute atomic E-state index is 0.213. The zero-order chi connectivity index (χ0) is 10.1. The van der Waals surface area contributed by atoms with E-state index in [-0.39, 0.29) is 5.82 Å². The molecular weight excluding hydrogens is 265 g/mol. The molecule has 0 saturated carbocycles. The highest BCUT2D eigenvalue weighted by Gasteiger charge is 2.07. The van der Waals surface area contributed by atoms with Crippen molar-refractivity contribution < 1.29 is 4.39 Å². The molecule has 0 N–H and O–H groups in total. The van der Waals surface area contributed by atoms with Crippen molar-refractivity contribution in [1.82, 2.24) is 4.98 Å². The van der Waals surface area contributed by atoms with E-state index in [1.54, 1.807) is 23.5 Å². The smallest absolute Gasteiger partial charge is 0.159 e. The summed E-state index contributed by atoms with van der Waals surface area (Å²) in [7, 11) is 0. The van der Waals surface area contributed by atoms with E-state index in [4.69, 9.17) is 0 Å². The normalized spacial score (nSPS) is 10.5. The number of aryl methyl sites for hydroxylation is 1. The van der Waals surface area contributed by atoms with Crippen LogP contribution in [0.5, 0.6) is 0 Å². The lowest BCUT2D eigenvalue weighted by atomic mass is 10.1. The molecule has 0 unspecified atom stereocenters. The van der Waals surface area contributed by atoms with Crippen LogP contribution in [-0.2, 0) is 0 Å². The predicted molar refractivity (Wildman–Crippen MR) is 59.9 cm³/mol. The Morgan fingerprint density at radius 3 is 2.43 bits per heavy atom. The van der Waals surface area contributed by atoms with Crippen molar-refractivity contribution in [3.8, 4) is 10.4 Å². The lowest BCUT2D eigenvalue weighted by molar-refractivity contribution is 0.628. The van der Waals surface area contributed by atoms with E-state index in [1.165, 1.54) is 12.1 Å². The Bertz CT molecular complexity index is 450. The summed E-state index contributed by atoms with van der Waals surface area (Å²) in [5.41, 5.74) is 1.97. The number of aromatic nitrogens is 1. The number of rotatable bonds is 1. The number of benzene rings is 1. The standard InChI is InChI=1S/C10H7BrFNS/c1-6-9(14-10(11)13-6)7-2-4-8(12)5-3-7/h2-5H,1H3. The van der Waals surface area contributed by atoms with Crippen LogP contribution in [0, 0.1) is 12.7 Å². The van der Waals surface area contributed by atoms with Crippen LogP contribution in [-0.4, -0.2) is 4.98 Å². The van der Waals surface area contributed by atoms with E-state index in [9.17, 15) is 4.39 Å². The third-order valence-electron chi connectivity index (χ3n) is 1.88. The Labute approximate surface area is 93.7 Å². The lowest BCUT2D eigenvalue weighted by Crippen LogP contribution is -1.78. The van der Waals surface area contributed by atoms with Gasteiger partial charge < -0.3 is 0 Å². The Kier molecular flexibility index (Phi) is 2.65. The molecule has 0 radical (unpaired) electrons. The first-order chi connectivity index (χ1) is 6.66. The molecule has 0 aliphatic carbocycles. The maximum Gasteiger partial charge on any atom is 0.159 e. The SMILES string of the molecule is Cc1nc(Br)sc1-c1ccc(F)cc1. The summed E-state index contributed by atoms with van der Waals surface area (Å²) in [5.74, 6) is -0.213. The first-order valence-corrected chi connectivity index (χ1v) is 5.66. The van der Waals surface area contributed by atoms with Crippen molar-refractivity contribution in [2.45, 2.75) is 6.92 Å². The van der Waals surface area contributed by atoms with E-state index in [0.29, 0.717) is 0 Å². The summed E-state index contributed by atoms with van der Waals surface area (Å²) in [6.07, 6.45) is 0. The molecule has 1 aromatic carbocycles. The highest BCUT2D eigenvalue weighted by molar-refractivity contribution is 9.11. The van der Waals surface area contributed by atoms with Crippen molar-refractivity contribution in [3.63, 3.8) is 0 Å². The van der Waals surface area contributed by atoms with E-state index in [2.05, 4.69) is 20.9 Å². The number of hydrogen-bond acceptors (Lipinski definition) is 2. The molecule has 0 amide bonds.